The lowest BCUT2D eigenvalue weighted by Gasteiger charge is -2.18. The summed E-state index contributed by atoms with van der Waals surface area (Å²) in [6.45, 7) is 6.65. The molecule has 0 saturated heterocycles. The number of esters is 3. The molecule has 0 fully saturated rings. The number of hydrogen-bond acceptors (Lipinski definition) is 6. The summed E-state index contributed by atoms with van der Waals surface area (Å²) in [5.41, 5.74) is 0. The van der Waals surface area contributed by atoms with Crippen LogP contribution in [0.4, 0.5) is 0 Å². The standard InChI is InChI=1S/C61H114O6/c1-4-7-10-13-16-19-21-23-24-25-26-27-28-29-30-31-32-33-34-35-36-38-39-42-45-48-51-54-60(63)66-57-58(56-65-59(62)53-50-47-44-41-18-15-12-9-6-3)67-61(64)55-52-49-46-43-40-37-22-20-17-14-11-8-5-2/h21,23,25-26,58H,4-20,22,24,27-57H2,1-3H3/b23-21-,26-25-. The minimum Gasteiger partial charge on any atom is -0.462 e. The molecule has 6 heteroatoms. The Bertz CT molecular complexity index is 1080. The second-order valence-electron chi connectivity index (χ2n) is 20.3. The zero-order chi connectivity index (χ0) is 48.6. The van der Waals surface area contributed by atoms with Gasteiger partial charge in [0.25, 0.3) is 0 Å². The van der Waals surface area contributed by atoms with Crippen molar-refractivity contribution in [2.24, 2.45) is 0 Å². The van der Waals surface area contributed by atoms with Gasteiger partial charge >= 0.3 is 17.9 Å². The van der Waals surface area contributed by atoms with E-state index < -0.39 is 6.10 Å². The molecule has 0 heterocycles. The highest BCUT2D eigenvalue weighted by atomic mass is 16.6. The molecule has 394 valence electrons. The maximum Gasteiger partial charge on any atom is 0.306 e. The molecule has 67 heavy (non-hydrogen) atoms. The molecule has 0 saturated carbocycles. The van der Waals surface area contributed by atoms with E-state index >= 15 is 0 Å². The summed E-state index contributed by atoms with van der Waals surface area (Å²) in [5, 5.41) is 0. The predicted molar refractivity (Wildman–Crippen MR) is 289 cm³/mol. The second-order valence-corrected chi connectivity index (χ2v) is 20.3. The molecular weight excluding hydrogens is 829 g/mol. The maximum absolute atomic E-state index is 12.8. The molecule has 0 aromatic heterocycles. The molecule has 0 aliphatic carbocycles. The van der Waals surface area contributed by atoms with Gasteiger partial charge in [-0.25, -0.2) is 0 Å². The number of allylic oxidation sites excluding steroid dienone is 4. The van der Waals surface area contributed by atoms with E-state index in [4.69, 9.17) is 14.2 Å². The maximum atomic E-state index is 12.8. The van der Waals surface area contributed by atoms with Crippen LogP contribution in [0.15, 0.2) is 24.3 Å². The van der Waals surface area contributed by atoms with Gasteiger partial charge in [-0.05, 0) is 51.4 Å². The fourth-order valence-corrected chi connectivity index (χ4v) is 8.95. The molecule has 0 bridgehead atoms. The Morgan fingerprint density at radius 1 is 0.299 bits per heavy atom. The van der Waals surface area contributed by atoms with Gasteiger partial charge in [-0.3, -0.25) is 14.4 Å². The summed E-state index contributed by atoms with van der Waals surface area (Å²) in [5.74, 6) is -0.848. The fourth-order valence-electron chi connectivity index (χ4n) is 8.95. The number of rotatable bonds is 55. The highest BCUT2D eigenvalue weighted by Gasteiger charge is 2.19. The Labute approximate surface area is 417 Å². The molecule has 0 aromatic carbocycles. The van der Waals surface area contributed by atoms with Crippen LogP contribution in [0.5, 0.6) is 0 Å². The lowest BCUT2D eigenvalue weighted by Crippen LogP contribution is -2.30. The van der Waals surface area contributed by atoms with E-state index in [2.05, 4.69) is 45.1 Å². The minimum absolute atomic E-state index is 0.0653. The SMILES string of the molecule is CCCCCCC/C=C\C/C=C\CCCCCCCCCCCCCCCCCC(=O)OCC(COC(=O)CCCCCCCCCCC)OC(=O)CCCCCCCCCCCCCCC. The first-order valence-electron chi connectivity index (χ1n) is 29.8. The Hall–Kier alpha value is -2.11. The van der Waals surface area contributed by atoms with Crippen LogP contribution in [0.3, 0.4) is 0 Å². The summed E-state index contributed by atoms with van der Waals surface area (Å²) in [4.78, 5) is 38.0. The van der Waals surface area contributed by atoms with E-state index in [0.717, 1.165) is 64.2 Å². The normalized spacial score (nSPS) is 12.1. The molecule has 0 rings (SSSR count). The fraction of sp³-hybridized carbons (Fsp3) is 0.885. The van der Waals surface area contributed by atoms with Crippen molar-refractivity contribution < 1.29 is 28.6 Å². The minimum atomic E-state index is -0.763. The first kappa shape index (κ1) is 64.9. The largest absolute Gasteiger partial charge is 0.462 e. The van der Waals surface area contributed by atoms with E-state index in [0.29, 0.717) is 19.3 Å². The lowest BCUT2D eigenvalue weighted by molar-refractivity contribution is -0.167. The van der Waals surface area contributed by atoms with E-state index in [1.165, 1.54) is 225 Å². The van der Waals surface area contributed by atoms with Crippen molar-refractivity contribution in [1.82, 2.24) is 0 Å². The second kappa shape index (κ2) is 56.5. The molecule has 0 N–H and O–H groups in total. The zero-order valence-corrected chi connectivity index (χ0v) is 45.2. The first-order chi connectivity index (χ1) is 33.0. The van der Waals surface area contributed by atoms with Crippen LogP contribution in [-0.2, 0) is 28.6 Å². The van der Waals surface area contributed by atoms with Gasteiger partial charge in [0.2, 0.25) is 0 Å². The monoisotopic (exact) mass is 943 g/mol. The quantitative estimate of drug-likeness (QED) is 0.0262. The van der Waals surface area contributed by atoms with E-state index in [1.54, 1.807) is 0 Å². The highest BCUT2D eigenvalue weighted by Crippen LogP contribution is 2.17. The van der Waals surface area contributed by atoms with Crippen molar-refractivity contribution in [3.05, 3.63) is 24.3 Å². The van der Waals surface area contributed by atoms with Crippen LogP contribution in [0.25, 0.3) is 0 Å². The summed E-state index contributed by atoms with van der Waals surface area (Å²) in [6, 6.07) is 0. The number of unbranched alkanes of at least 4 members (excludes halogenated alkanes) is 40. The molecule has 0 aromatic rings. The summed E-state index contributed by atoms with van der Waals surface area (Å²) >= 11 is 0. The Morgan fingerprint density at radius 3 is 0.821 bits per heavy atom. The van der Waals surface area contributed by atoms with E-state index in [-0.39, 0.29) is 31.1 Å². The van der Waals surface area contributed by atoms with Crippen molar-refractivity contribution in [2.45, 2.75) is 335 Å². The van der Waals surface area contributed by atoms with E-state index in [1.807, 2.05) is 0 Å². The molecule has 0 aliphatic rings. The van der Waals surface area contributed by atoms with Crippen molar-refractivity contribution in [1.29, 1.82) is 0 Å². The Kier molecular flexibility index (Phi) is 54.7. The van der Waals surface area contributed by atoms with Gasteiger partial charge < -0.3 is 14.2 Å². The molecule has 0 amide bonds. The van der Waals surface area contributed by atoms with Crippen molar-refractivity contribution in [3.63, 3.8) is 0 Å². The van der Waals surface area contributed by atoms with Crippen molar-refractivity contribution in [2.75, 3.05) is 13.2 Å². The van der Waals surface area contributed by atoms with Gasteiger partial charge in [0.1, 0.15) is 13.2 Å². The Balaban J connectivity index is 4.09. The number of carbonyl (C=O) groups is 3. The van der Waals surface area contributed by atoms with Gasteiger partial charge in [0, 0.05) is 19.3 Å². The predicted octanol–water partition coefficient (Wildman–Crippen LogP) is 19.9. The molecular formula is C61H114O6. The average molecular weight is 944 g/mol. The summed E-state index contributed by atoms with van der Waals surface area (Å²) in [6.07, 6.45) is 66.2. The summed E-state index contributed by atoms with van der Waals surface area (Å²) < 4.78 is 16.8. The lowest BCUT2D eigenvalue weighted by atomic mass is 10.0. The van der Waals surface area contributed by atoms with Crippen LogP contribution in [0, 0.1) is 0 Å². The average Bonchev–Trinajstić information content (AvgIpc) is 3.33. The van der Waals surface area contributed by atoms with Crippen molar-refractivity contribution >= 4 is 17.9 Å². The van der Waals surface area contributed by atoms with Gasteiger partial charge in [-0.2, -0.15) is 0 Å². The highest BCUT2D eigenvalue weighted by molar-refractivity contribution is 5.71. The first-order valence-corrected chi connectivity index (χ1v) is 29.8. The number of ether oxygens (including phenoxy) is 3. The van der Waals surface area contributed by atoms with Crippen LogP contribution in [0.1, 0.15) is 329 Å². The number of hydrogen-bond donors (Lipinski definition) is 0. The Morgan fingerprint density at radius 2 is 0.537 bits per heavy atom. The number of carbonyl (C=O) groups excluding carboxylic acids is 3. The molecule has 0 radical (unpaired) electrons. The smallest absolute Gasteiger partial charge is 0.306 e. The van der Waals surface area contributed by atoms with Gasteiger partial charge in [0.05, 0.1) is 0 Å². The summed E-state index contributed by atoms with van der Waals surface area (Å²) in [7, 11) is 0. The molecule has 1 atom stereocenters. The molecule has 1 unspecified atom stereocenters. The molecule has 0 aliphatic heterocycles. The van der Waals surface area contributed by atoms with E-state index in [9.17, 15) is 14.4 Å². The van der Waals surface area contributed by atoms with Crippen LogP contribution in [-0.4, -0.2) is 37.2 Å². The van der Waals surface area contributed by atoms with Gasteiger partial charge in [-0.15, -0.1) is 0 Å². The van der Waals surface area contributed by atoms with Gasteiger partial charge in [-0.1, -0.05) is 283 Å². The third kappa shape index (κ3) is 54.7. The van der Waals surface area contributed by atoms with Crippen molar-refractivity contribution in [3.8, 4) is 0 Å². The molecule has 0 spiro atoms. The van der Waals surface area contributed by atoms with Crippen LogP contribution in [0.2, 0.25) is 0 Å². The molecule has 6 nitrogen and oxygen atoms in total. The van der Waals surface area contributed by atoms with Gasteiger partial charge in [0.15, 0.2) is 6.10 Å². The van der Waals surface area contributed by atoms with Crippen LogP contribution < -0.4 is 0 Å². The van der Waals surface area contributed by atoms with Crippen LogP contribution >= 0.6 is 0 Å². The topological polar surface area (TPSA) is 78.9 Å². The third-order valence-corrected chi connectivity index (χ3v) is 13.5. The third-order valence-electron chi connectivity index (χ3n) is 13.5. The zero-order valence-electron chi connectivity index (χ0n) is 45.2.